The summed E-state index contributed by atoms with van der Waals surface area (Å²) in [7, 11) is 0. The second kappa shape index (κ2) is 6.43. The van der Waals surface area contributed by atoms with E-state index in [1.54, 1.807) is 31.5 Å². The first-order chi connectivity index (χ1) is 9.24. The van der Waals surface area contributed by atoms with E-state index >= 15 is 0 Å². The summed E-state index contributed by atoms with van der Waals surface area (Å²) in [6.45, 7) is 2.13. The van der Waals surface area contributed by atoms with Gasteiger partial charge in [-0.3, -0.25) is 9.97 Å². The summed E-state index contributed by atoms with van der Waals surface area (Å²) in [6, 6.07) is 7.17. The van der Waals surface area contributed by atoms with Gasteiger partial charge in [-0.05, 0) is 30.7 Å². The van der Waals surface area contributed by atoms with E-state index in [4.69, 9.17) is 4.74 Å². The molecule has 0 aliphatic heterocycles. The lowest BCUT2D eigenvalue weighted by atomic mass is 10.1. The average Bonchev–Trinajstić information content (AvgIpc) is 2.48. The highest BCUT2D eigenvalue weighted by molar-refractivity contribution is 9.08. The lowest BCUT2D eigenvalue weighted by molar-refractivity contribution is 0.0526. The Morgan fingerprint density at radius 3 is 2.74 bits per heavy atom. The van der Waals surface area contributed by atoms with Crippen molar-refractivity contribution in [2.45, 2.75) is 12.3 Å². The summed E-state index contributed by atoms with van der Waals surface area (Å²) in [5.41, 5.74) is 2.96. The third-order valence-electron chi connectivity index (χ3n) is 2.51. The van der Waals surface area contributed by atoms with Crippen LogP contribution >= 0.6 is 15.9 Å². The van der Waals surface area contributed by atoms with E-state index < -0.39 is 0 Å². The highest BCUT2D eigenvalue weighted by Crippen LogP contribution is 2.17. The van der Waals surface area contributed by atoms with Gasteiger partial charge < -0.3 is 4.74 Å². The lowest BCUT2D eigenvalue weighted by Gasteiger charge is -2.04. The van der Waals surface area contributed by atoms with E-state index in [1.807, 2.05) is 12.1 Å². The molecule has 2 aromatic rings. The van der Waals surface area contributed by atoms with Crippen LogP contribution in [0.3, 0.4) is 0 Å². The quantitative estimate of drug-likeness (QED) is 0.641. The Morgan fingerprint density at radius 2 is 2.11 bits per heavy atom. The van der Waals surface area contributed by atoms with Crippen LogP contribution in [0.4, 0.5) is 0 Å². The average molecular weight is 321 g/mol. The van der Waals surface area contributed by atoms with Crippen LogP contribution in [0.15, 0.2) is 36.7 Å². The maximum absolute atomic E-state index is 11.7. The first-order valence-electron chi connectivity index (χ1n) is 5.89. The minimum Gasteiger partial charge on any atom is -0.462 e. The summed E-state index contributed by atoms with van der Waals surface area (Å²) < 4.78 is 4.96. The largest absolute Gasteiger partial charge is 0.462 e. The van der Waals surface area contributed by atoms with Crippen molar-refractivity contribution < 1.29 is 9.53 Å². The molecule has 98 valence electrons. The molecule has 0 bridgehead atoms. The molecule has 0 N–H and O–H groups in total. The van der Waals surface area contributed by atoms with Gasteiger partial charge in [0.2, 0.25) is 0 Å². The highest BCUT2D eigenvalue weighted by Gasteiger charge is 2.09. The number of nitrogens with zero attached hydrogens (tertiary/aromatic N) is 2. The van der Waals surface area contributed by atoms with Gasteiger partial charge in [0.15, 0.2) is 0 Å². The third-order valence-corrected chi connectivity index (χ3v) is 3.16. The van der Waals surface area contributed by atoms with E-state index in [0.717, 1.165) is 16.6 Å². The van der Waals surface area contributed by atoms with E-state index in [-0.39, 0.29) is 5.97 Å². The Bertz CT molecular complexity index is 570. The number of ether oxygens (including phenoxy) is 1. The predicted octanol–water partition coefficient (Wildman–Crippen LogP) is 3.22. The van der Waals surface area contributed by atoms with Crippen molar-refractivity contribution >= 4 is 21.9 Å². The fourth-order valence-electron chi connectivity index (χ4n) is 1.57. The number of carbonyl (C=O) groups excluding carboxylic acids is 1. The van der Waals surface area contributed by atoms with Gasteiger partial charge in [0.25, 0.3) is 0 Å². The fraction of sp³-hybridized carbons (Fsp3) is 0.214. The standard InChI is InChI=1S/C14H13BrN2O2/c1-2-19-14(18)11-5-6-16-13(7-11)12-4-3-10(8-15)9-17-12/h3-7,9H,2,8H2,1H3. The minimum atomic E-state index is -0.344. The van der Waals surface area contributed by atoms with Crippen LogP contribution in [-0.4, -0.2) is 22.5 Å². The van der Waals surface area contributed by atoms with Gasteiger partial charge in [-0.1, -0.05) is 22.0 Å². The van der Waals surface area contributed by atoms with Crippen LogP contribution in [0, 0.1) is 0 Å². The monoisotopic (exact) mass is 320 g/mol. The number of rotatable bonds is 4. The zero-order valence-corrected chi connectivity index (χ0v) is 12.1. The number of carbonyl (C=O) groups is 1. The van der Waals surface area contributed by atoms with Crippen molar-refractivity contribution in [3.8, 4) is 11.4 Å². The molecule has 0 spiro atoms. The van der Waals surface area contributed by atoms with Gasteiger partial charge in [0.1, 0.15) is 0 Å². The van der Waals surface area contributed by atoms with Crippen molar-refractivity contribution in [1.82, 2.24) is 9.97 Å². The van der Waals surface area contributed by atoms with E-state index in [9.17, 15) is 4.79 Å². The molecule has 0 saturated carbocycles. The molecule has 0 radical (unpaired) electrons. The first kappa shape index (κ1) is 13.7. The molecule has 0 fully saturated rings. The maximum atomic E-state index is 11.7. The van der Waals surface area contributed by atoms with Gasteiger partial charge in [0.05, 0.1) is 23.6 Å². The Balaban J connectivity index is 2.29. The highest BCUT2D eigenvalue weighted by atomic mass is 79.9. The Kier molecular flexibility index (Phi) is 4.63. The van der Waals surface area contributed by atoms with E-state index in [2.05, 4.69) is 25.9 Å². The van der Waals surface area contributed by atoms with Crippen LogP contribution in [0.2, 0.25) is 0 Å². The van der Waals surface area contributed by atoms with Crippen molar-refractivity contribution in [2.24, 2.45) is 0 Å². The van der Waals surface area contributed by atoms with E-state index in [1.165, 1.54) is 0 Å². The summed E-state index contributed by atoms with van der Waals surface area (Å²) in [6.07, 6.45) is 3.37. The smallest absolute Gasteiger partial charge is 0.338 e. The molecule has 2 heterocycles. The summed E-state index contributed by atoms with van der Waals surface area (Å²) in [5, 5.41) is 0.760. The van der Waals surface area contributed by atoms with Crippen molar-refractivity contribution in [1.29, 1.82) is 0 Å². The Hall–Kier alpha value is -1.75. The molecule has 0 unspecified atom stereocenters. The number of hydrogen-bond donors (Lipinski definition) is 0. The van der Waals surface area contributed by atoms with Gasteiger partial charge in [0, 0.05) is 17.7 Å². The molecular weight excluding hydrogens is 308 g/mol. The van der Waals surface area contributed by atoms with Crippen molar-refractivity contribution in [2.75, 3.05) is 6.61 Å². The fourth-order valence-corrected chi connectivity index (χ4v) is 1.90. The van der Waals surface area contributed by atoms with Crippen molar-refractivity contribution in [3.05, 3.63) is 47.8 Å². The van der Waals surface area contributed by atoms with Crippen LogP contribution in [0.1, 0.15) is 22.8 Å². The zero-order valence-electron chi connectivity index (χ0n) is 10.5. The molecule has 19 heavy (non-hydrogen) atoms. The number of alkyl halides is 1. The number of esters is 1. The van der Waals surface area contributed by atoms with Crippen LogP contribution in [0.5, 0.6) is 0 Å². The van der Waals surface area contributed by atoms with Crippen LogP contribution in [-0.2, 0) is 10.1 Å². The van der Waals surface area contributed by atoms with Gasteiger partial charge in [-0.2, -0.15) is 0 Å². The molecule has 4 nitrogen and oxygen atoms in total. The van der Waals surface area contributed by atoms with Gasteiger partial charge in [-0.15, -0.1) is 0 Å². The predicted molar refractivity (Wildman–Crippen MR) is 76.1 cm³/mol. The molecule has 0 aliphatic rings. The second-order valence-corrected chi connectivity index (χ2v) is 4.40. The topological polar surface area (TPSA) is 52.1 Å². The SMILES string of the molecule is CCOC(=O)c1ccnc(-c2ccc(CBr)cn2)c1. The molecule has 2 rings (SSSR count). The normalized spacial score (nSPS) is 10.2. The molecular formula is C14H13BrN2O2. The summed E-state index contributed by atoms with van der Waals surface area (Å²) in [5.74, 6) is -0.344. The second-order valence-electron chi connectivity index (χ2n) is 3.84. The summed E-state index contributed by atoms with van der Waals surface area (Å²) >= 11 is 3.37. The van der Waals surface area contributed by atoms with Crippen LogP contribution in [0.25, 0.3) is 11.4 Å². The first-order valence-corrected chi connectivity index (χ1v) is 7.01. The van der Waals surface area contributed by atoms with Gasteiger partial charge >= 0.3 is 5.97 Å². The Labute approximate surface area is 120 Å². The maximum Gasteiger partial charge on any atom is 0.338 e. The lowest BCUT2D eigenvalue weighted by Crippen LogP contribution is -2.05. The van der Waals surface area contributed by atoms with E-state index in [0.29, 0.717) is 17.9 Å². The number of pyridine rings is 2. The third kappa shape index (κ3) is 3.38. The summed E-state index contributed by atoms with van der Waals surface area (Å²) in [4.78, 5) is 20.2. The minimum absolute atomic E-state index is 0.344. The Morgan fingerprint density at radius 1 is 1.26 bits per heavy atom. The molecule has 0 amide bonds. The molecule has 0 saturated heterocycles. The molecule has 0 atom stereocenters. The van der Waals surface area contributed by atoms with Gasteiger partial charge in [-0.25, -0.2) is 4.79 Å². The molecule has 0 aliphatic carbocycles. The number of aromatic nitrogens is 2. The molecule has 2 aromatic heterocycles. The molecule has 5 heteroatoms. The van der Waals surface area contributed by atoms with Crippen LogP contribution < -0.4 is 0 Å². The number of halogens is 1. The van der Waals surface area contributed by atoms with Crippen molar-refractivity contribution in [3.63, 3.8) is 0 Å². The number of hydrogen-bond acceptors (Lipinski definition) is 4. The molecule has 0 aromatic carbocycles. The zero-order chi connectivity index (χ0) is 13.7.